The van der Waals surface area contributed by atoms with Crippen molar-refractivity contribution in [3.05, 3.63) is 89.0 Å². The first kappa shape index (κ1) is 30.3. The highest BCUT2D eigenvalue weighted by atomic mass is 16.5. The maximum atomic E-state index is 13.3. The molecule has 0 saturated heterocycles. The van der Waals surface area contributed by atoms with Crippen LogP contribution in [0.3, 0.4) is 0 Å². The normalized spacial score (nSPS) is 16.5. The van der Waals surface area contributed by atoms with Gasteiger partial charge in [-0.1, -0.05) is 12.1 Å². The Kier molecular flexibility index (Phi) is 9.40. The first-order valence-electron chi connectivity index (χ1n) is 15.5. The lowest BCUT2D eigenvalue weighted by Crippen LogP contribution is -2.33. The summed E-state index contributed by atoms with van der Waals surface area (Å²) in [5.74, 6) is 1.26. The highest BCUT2D eigenvalue weighted by Crippen LogP contribution is 2.33. The lowest BCUT2D eigenvalue weighted by atomic mass is 10.0. The van der Waals surface area contributed by atoms with Crippen LogP contribution in [0.2, 0.25) is 0 Å². The zero-order valence-corrected chi connectivity index (χ0v) is 25.4. The Morgan fingerprint density at radius 1 is 0.867 bits per heavy atom. The number of hydrazone groups is 1. The number of benzene rings is 3. The van der Waals surface area contributed by atoms with Crippen LogP contribution in [-0.2, 0) is 4.74 Å². The van der Waals surface area contributed by atoms with Crippen LogP contribution in [0, 0.1) is 0 Å². The molecule has 2 heterocycles. The van der Waals surface area contributed by atoms with Crippen molar-refractivity contribution >= 4 is 23.4 Å². The standard InChI is InChI=1S/C35H37N3O7/c1-42-31-17-14-25(23-32(31)45-27-7-2-3-8-27)30-11-6-18-38(36-30)33(39)24-12-15-26(16-13-24)44-22-21-43-20-19-37-34(40)28-9-4-5-10-29(28)35(37)41/h4-5,9-10,12-17,23,27H,2-3,6-8,11,18-22H2,1H3. The second-order valence-electron chi connectivity index (χ2n) is 11.3. The van der Waals surface area contributed by atoms with Crippen molar-refractivity contribution in [1.82, 2.24) is 9.91 Å². The Morgan fingerprint density at radius 2 is 1.60 bits per heavy atom. The van der Waals surface area contributed by atoms with Crippen LogP contribution in [0.15, 0.2) is 71.8 Å². The monoisotopic (exact) mass is 611 g/mol. The molecule has 0 N–H and O–H groups in total. The predicted molar refractivity (Wildman–Crippen MR) is 167 cm³/mol. The fraction of sp³-hybridized carbons (Fsp3) is 0.371. The third kappa shape index (κ3) is 6.86. The molecule has 6 rings (SSSR count). The van der Waals surface area contributed by atoms with Gasteiger partial charge in [0.1, 0.15) is 12.4 Å². The number of carbonyl (C=O) groups excluding carboxylic acids is 3. The topological polar surface area (TPSA) is 107 Å². The first-order valence-corrected chi connectivity index (χ1v) is 15.5. The molecule has 10 nitrogen and oxygen atoms in total. The van der Waals surface area contributed by atoms with Gasteiger partial charge >= 0.3 is 0 Å². The molecule has 0 radical (unpaired) electrons. The van der Waals surface area contributed by atoms with Crippen LogP contribution in [-0.4, -0.2) is 79.5 Å². The number of carbonyl (C=O) groups is 3. The summed E-state index contributed by atoms with van der Waals surface area (Å²) in [4.78, 5) is 39.4. The maximum Gasteiger partial charge on any atom is 0.273 e. The van der Waals surface area contributed by atoms with E-state index in [1.165, 1.54) is 22.8 Å². The molecule has 3 aromatic rings. The Hall–Kier alpha value is -4.70. The number of hydrogen-bond donors (Lipinski definition) is 0. The molecular formula is C35H37N3O7. The van der Waals surface area contributed by atoms with Crippen molar-refractivity contribution in [3.8, 4) is 17.2 Å². The highest BCUT2D eigenvalue weighted by Gasteiger charge is 2.34. The number of amides is 3. The molecule has 3 amide bonds. The maximum absolute atomic E-state index is 13.3. The van der Waals surface area contributed by atoms with Gasteiger partial charge in [-0.05, 0) is 93.1 Å². The van der Waals surface area contributed by atoms with Gasteiger partial charge in [0.15, 0.2) is 11.5 Å². The average Bonchev–Trinajstić information content (AvgIpc) is 3.68. The van der Waals surface area contributed by atoms with Gasteiger partial charge in [0, 0.05) is 17.7 Å². The van der Waals surface area contributed by atoms with Crippen molar-refractivity contribution in [1.29, 1.82) is 0 Å². The molecule has 1 saturated carbocycles. The van der Waals surface area contributed by atoms with Gasteiger partial charge in [0.05, 0.1) is 49.8 Å². The van der Waals surface area contributed by atoms with E-state index in [0.717, 1.165) is 42.7 Å². The number of nitrogens with zero attached hydrogens (tertiary/aromatic N) is 3. The van der Waals surface area contributed by atoms with E-state index in [9.17, 15) is 14.4 Å². The Labute approximate surface area is 262 Å². The van der Waals surface area contributed by atoms with Gasteiger partial charge in [-0.25, -0.2) is 5.01 Å². The molecule has 3 aliphatic rings. The van der Waals surface area contributed by atoms with E-state index in [-0.39, 0.29) is 50.2 Å². The van der Waals surface area contributed by atoms with Crippen molar-refractivity contribution in [3.63, 3.8) is 0 Å². The number of rotatable bonds is 12. The quantitative estimate of drug-likeness (QED) is 0.201. The zero-order valence-electron chi connectivity index (χ0n) is 25.4. The second kappa shape index (κ2) is 13.9. The minimum atomic E-state index is -0.296. The summed E-state index contributed by atoms with van der Waals surface area (Å²) in [6.07, 6.45) is 6.25. The molecule has 1 fully saturated rings. The van der Waals surface area contributed by atoms with E-state index in [1.807, 2.05) is 18.2 Å². The minimum absolute atomic E-state index is 0.175. The van der Waals surface area contributed by atoms with Crippen LogP contribution >= 0.6 is 0 Å². The average molecular weight is 612 g/mol. The molecule has 0 aromatic heterocycles. The van der Waals surface area contributed by atoms with Crippen LogP contribution < -0.4 is 14.2 Å². The molecule has 0 atom stereocenters. The van der Waals surface area contributed by atoms with Crippen LogP contribution in [0.4, 0.5) is 0 Å². The molecule has 1 aliphatic carbocycles. The van der Waals surface area contributed by atoms with Crippen molar-refractivity contribution in [2.45, 2.75) is 44.6 Å². The third-order valence-electron chi connectivity index (χ3n) is 8.29. The van der Waals surface area contributed by atoms with Crippen molar-refractivity contribution in [2.75, 3.05) is 40.0 Å². The fourth-order valence-corrected chi connectivity index (χ4v) is 5.89. The summed E-state index contributed by atoms with van der Waals surface area (Å²) >= 11 is 0. The highest BCUT2D eigenvalue weighted by molar-refractivity contribution is 6.21. The molecule has 0 unspecified atom stereocenters. The van der Waals surface area contributed by atoms with Crippen LogP contribution in [0.1, 0.15) is 75.2 Å². The zero-order chi connectivity index (χ0) is 31.2. The summed E-state index contributed by atoms with van der Waals surface area (Å²) in [6.45, 7) is 1.50. The predicted octanol–water partition coefficient (Wildman–Crippen LogP) is 5.35. The van der Waals surface area contributed by atoms with E-state index >= 15 is 0 Å². The SMILES string of the molecule is COc1ccc(C2=NN(C(=O)c3ccc(OCCOCCN4C(=O)c5ccccc5C4=O)cc3)CCC2)cc1OC1CCCC1. The lowest BCUT2D eigenvalue weighted by Gasteiger charge is -2.24. The summed E-state index contributed by atoms with van der Waals surface area (Å²) < 4.78 is 23.1. The number of hydrogen-bond acceptors (Lipinski definition) is 8. The van der Waals surface area contributed by atoms with E-state index in [2.05, 4.69) is 0 Å². The lowest BCUT2D eigenvalue weighted by molar-refractivity contribution is 0.0527. The van der Waals surface area contributed by atoms with Gasteiger partial charge in [0.25, 0.3) is 17.7 Å². The van der Waals surface area contributed by atoms with Gasteiger partial charge in [-0.3, -0.25) is 19.3 Å². The molecule has 3 aromatic carbocycles. The van der Waals surface area contributed by atoms with E-state index in [4.69, 9.17) is 24.0 Å². The van der Waals surface area contributed by atoms with Gasteiger partial charge < -0.3 is 18.9 Å². The van der Waals surface area contributed by atoms with E-state index < -0.39 is 0 Å². The summed E-state index contributed by atoms with van der Waals surface area (Å²) in [7, 11) is 1.64. The molecule has 10 heteroatoms. The first-order chi connectivity index (χ1) is 22.0. The Morgan fingerprint density at radius 3 is 2.31 bits per heavy atom. The molecule has 45 heavy (non-hydrogen) atoms. The smallest absolute Gasteiger partial charge is 0.273 e. The molecular weight excluding hydrogens is 574 g/mol. The van der Waals surface area contributed by atoms with Crippen molar-refractivity contribution in [2.24, 2.45) is 5.10 Å². The second-order valence-corrected chi connectivity index (χ2v) is 11.3. The van der Waals surface area contributed by atoms with Crippen LogP contribution in [0.25, 0.3) is 0 Å². The molecule has 2 aliphatic heterocycles. The summed E-state index contributed by atoms with van der Waals surface area (Å²) in [5, 5.41) is 6.24. The molecule has 234 valence electrons. The third-order valence-corrected chi connectivity index (χ3v) is 8.29. The van der Waals surface area contributed by atoms with Gasteiger partial charge in [0.2, 0.25) is 0 Å². The Balaban J connectivity index is 0.982. The summed E-state index contributed by atoms with van der Waals surface area (Å²) in [6, 6.07) is 19.6. The summed E-state index contributed by atoms with van der Waals surface area (Å²) in [5.41, 5.74) is 3.14. The number of imide groups is 1. The van der Waals surface area contributed by atoms with Gasteiger partial charge in [-0.15, -0.1) is 0 Å². The largest absolute Gasteiger partial charge is 0.493 e. The fourth-order valence-electron chi connectivity index (χ4n) is 5.89. The van der Waals surface area contributed by atoms with E-state index in [0.29, 0.717) is 34.7 Å². The van der Waals surface area contributed by atoms with Crippen molar-refractivity contribution < 1.29 is 33.3 Å². The molecule has 0 bridgehead atoms. The number of ether oxygens (including phenoxy) is 4. The number of methoxy groups -OCH3 is 1. The van der Waals surface area contributed by atoms with Gasteiger partial charge in [-0.2, -0.15) is 5.10 Å². The van der Waals surface area contributed by atoms with Crippen LogP contribution in [0.5, 0.6) is 17.2 Å². The Bertz CT molecular complexity index is 1550. The number of fused-ring (bicyclic) bond motifs is 1. The molecule has 0 spiro atoms. The van der Waals surface area contributed by atoms with E-state index in [1.54, 1.807) is 55.6 Å². The minimum Gasteiger partial charge on any atom is -0.493 e.